The van der Waals surface area contributed by atoms with E-state index >= 15 is 0 Å². The fourth-order valence-corrected chi connectivity index (χ4v) is 2.24. The minimum absolute atomic E-state index is 0.0191. The lowest BCUT2D eigenvalue weighted by atomic mass is 9.91. The van der Waals surface area contributed by atoms with Crippen LogP contribution in [-0.4, -0.2) is 16.6 Å². The number of furan rings is 2. The average molecular weight is 295 g/mol. The number of hydrogen-bond donors (Lipinski definition) is 0. The molecule has 0 N–H and O–H groups in total. The molecule has 0 aliphatic carbocycles. The molecular weight excluding hydrogens is 282 g/mol. The number of carbonyl (C=O) groups excluding carboxylic acids is 2. The van der Waals surface area contributed by atoms with E-state index in [1.54, 1.807) is 42.6 Å². The number of aromatic nitrogens is 1. The molecule has 3 heterocycles. The van der Waals surface area contributed by atoms with Crippen molar-refractivity contribution in [2.24, 2.45) is 0 Å². The van der Waals surface area contributed by atoms with Crippen LogP contribution < -0.4 is 0 Å². The predicted molar refractivity (Wildman–Crippen MR) is 77.7 cm³/mol. The minimum atomic E-state index is -0.697. The van der Waals surface area contributed by atoms with E-state index in [1.807, 2.05) is 0 Å². The molecule has 0 aromatic carbocycles. The Kier molecular flexibility index (Phi) is 3.96. The number of pyridine rings is 1. The van der Waals surface area contributed by atoms with Gasteiger partial charge in [0, 0.05) is 24.4 Å². The summed E-state index contributed by atoms with van der Waals surface area (Å²) >= 11 is 0. The molecule has 5 heteroatoms. The zero-order chi connectivity index (χ0) is 15.4. The van der Waals surface area contributed by atoms with Crippen molar-refractivity contribution in [3.05, 3.63) is 78.4 Å². The largest absolute Gasteiger partial charge is 0.469 e. The van der Waals surface area contributed by atoms with Gasteiger partial charge in [-0.2, -0.15) is 0 Å². The number of hydrogen-bond acceptors (Lipinski definition) is 5. The molecular formula is C17H13NO4. The first-order valence-electron chi connectivity index (χ1n) is 6.80. The topological polar surface area (TPSA) is 73.3 Å². The highest BCUT2D eigenvalue weighted by Crippen LogP contribution is 2.26. The quantitative estimate of drug-likeness (QED) is 0.651. The van der Waals surface area contributed by atoms with E-state index in [0.717, 1.165) is 0 Å². The molecule has 3 aromatic heterocycles. The van der Waals surface area contributed by atoms with Crippen molar-refractivity contribution in [1.82, 2.24) is 4.98 Å². The molecule has 5 nitrogen and oxygen atoms in total. The van der Waals surface area contributed by atoms with Crippen molar-refractivity contribution >= 4 is 11.6 Å². The molecule has 0 aliphatic heterocycles. The molecule has 0 aliphatic rings. The van der Waals surface area contributed by atoms with Gasteiger partial charge in [-0.1, -0.05) is 0 Å². The van der Waals surface area contributed by atoms with Crippen LogP contribution in [0.4, 0.5) is 0 Å². The van der Waals surface area contributed by atoms with E-state index in [-0.39, 0.29) is 23.7 Å². The maximum Gasteiger partial charge on any atom is 0.199 e. The van der Waals surface area contributed by atoms with Gasteiger partial charge in [0.15, 0.2) is 17.3 Å². The first kappa shape index (κ1) is 14.0. The van der Waals surface area contributed by atoms with Crippen molar-refractivity contribution in [3.8, 4) is 0 Å². The molecule has 0 amide bonds. The normalized spacial score (nSPS) is 12.0. The Morgan fingerprint density at radius 1 is 1.05 bits per heavy atom. The summed E-state index contributed by atoms with van der Waals surface area (Å²) in [5, 5.41) is 0. The van der Waals surface area contributed by atoms with E-state index in [9.17, 15) is 9.59 Å². The van der Waals surface area contributed by atoms with Crippen LogP contribution in [0.3, 0.4) is 0 Å². The number of nitrogens with zero attached hydrogens (tertiary/aromatic N) is 1. The summed E-state index contributed by atoms with van der Waals surface area (Å²) in [5.41, 5.74) is 0.441. The molecule has 0 fully saturated rings. The molecule has 0 saturated carbocycles. The van der Waals surface area contributed by atoms with Gasteiger partial charge in [-0.25, -0.2) is 0 Å². The van der Waals surface area contributed by atoms with Gasteiger partial charge in [-0.05, 0) is 36.4 Å². The second kappa shape index (κ2) is 6.22. The van der Waals surface area contributed by atoms with Crippen LogP contribution in [0.1, 0.15) is 39.0 Å². The summed E-state index contributed by atoms with van der Waals surface area (Å²) in [7, 11) is 0. The van der Waals surface area contributed by atoms with Crippen molar-refractivity contribution in [3.63, 3.8) is 0 Å². The lowest BCUT2D eigenvalue weighted by molar-refractivity contribution is 0.0870. The molecule has 3 aromatic rings. The Morgan fingerprint density at radius 3 is 2.50 bits per heavy atom. The summed E-state index contributed by atoms with van der Waals surface area (Å²) < 4.78 is 10.4. The summed E-state index contributed by atoms with van der Waals surface area (Å²) in [6.07, 6.45) is 5.96. The third-order valence-electron chi connectivity index (χ3n) is 3.33. The molecule has 0 bridgehead atoms. The summed E-state index contributed by atoms with van der Waals surface area (Å²) in [5.74, 6) is -0.465. The molecule has 1 atom stereocenters. The van der Waals surface area contributed by atoms with Gasteiger partial charge in [0.05, 0.1) is 18.4 Å². The zero-order valence-corrected chi connectivity index (χ0v) is 11.6. The highest BCUT2D eigenvalue weighted by molar-refractivity contribution is 6.04. The van der Waals surface area contributed by atoms with Gasteiger partial charge in [0.2, 0.25) is 0 Å². The standard InChI is InChI=1S/C17H13NO4/c19-14(16-6-3-9-22-16)10-13(15-5-2-8-21-15)17(20)12-4-1-7-18-11-12/h1-9,11,13H,10H2. The van der Waals surface area contributed by atoms with Crippen molar-refractivity contribution in [2.75, 3.05) is 0 Å². The number of Topliss-reactive ketones (excluding diaryl/α,β-unsaturated/α-hetero) is 2. The van der Waals surface area contributed by atoms with E-state index in [0.29, 0.717) is 11.3 Å². The fourth-order valence-electron chi connectivity index (χ4n) is 2.24. The maximum absolute atomic E-state index is 12.7. The maximum atomic E-state index is 12.7. The highest BCUT2D eigenvalue weighted by Gasteiger charge is 2.28. The third-order valence-corrected chi connectivity index (χ3v) is 3.33. The van der Waals surface area contributed by atoms with E-state index in [4.69, 9.17) is 8.83 Å². The second-order valence-corrected chi connectivity index (χ2v) is 4.78. The van der Waals surface area contributed by atoms with Gasteiger partial charge in [0.1, 0.15) is 5.76 Å². The molecule has 22 heavy (non-hydrogen) atoms. The van der Waals surface area contributed by atoms with Gasteiger partial charge >= 0.3 is 0 Å². The lowest BCUT2D eigenvalue weighted by Crippen LogP contribution is -2.17. The van der Waals surface area contributed by atoms with Crippen LogP contribution in [0.5, 0.6) is 0 Å². The predicted octanol–water partition coefficient (Wildman–Crippen LogP) is 3.51. The second-order valence-electron chi connectivity index (χ2n) is 4.78. The Labute approximate surface area is 126 Å². The molecule has 3 rings (SSSR count). The highest BCUT2D eigenvalue weighted by atomic mass is 16.3. The van der Waals surface area contributed by atoms with Gasteiger partial charge in [0.25, 0.3) is 0 Å². The van der Waals surface area contributed by atoms with Crippen LogP contribution in [0, 0.1) is 0 Å². The molecule has 110 valence electrons. The van der Waals surface area contributed by atoms with Crippen LogP contribution in [0.15, 0.2) is 70.2 Å². The molecule has 1 unspecified atom stereocenters. The van der Waals surface area contributed by atoms with Crippen LogP contribution in [0.25, 0.3) is 0 Å². The smallest absolute Gasteiger partial charge is 0.199 e. The SMILES string of the molecule is O=C(CC(C(=O)c1cccnc1)c1ccco1)c1ccco1. The fraction of sp³-hybridized carbons (Fsp3) is 0.118. The number of ketones is 2. The Balaban J connectivity index is 1.88. The molecule has 0 saturated heterocycles. The van der Waals surface area contributed by atoms with Crippen molar-refractivity contribution < 1.29 is 18.4 Å². The van der Waals surface area contributed by atoms with Gasteiger partial charge in [-0.3, -0.25) is 14.6 Å². The minimum Gasteiger partial charge on any atom is -0.469 e. The van der Waals surface area contributed by atoms with Crippen LogP contribution in [-0.2, 0) is 0 Å². The first-order chi connectivity index (χ1) is 10.8. The van der Waals surface area contributed by atoms with Crippen molar-refractivity contribution in [1.29, 1.82) is 0 Å². The molecule has 0 radical (unpaired) electrons. The first-order valence-corrected chi connectivity index (χ1v) is 6.80. The van der Waals surface area contributed by atoms with E-state index in [2.05, 4.69) is 4.98 Å². The summed E-state index contributed by atoms with van der Waals surface area (Å²) in [6, 6.07) is 9.95. The van der Waals surface area contributed by atoms with Gasteiger partial charge < -0.3 is 8.83 Å². The van der Waals surface area contributed by atoms with Crippen LogP contribution >= 0.6 is 0 Å². The van der Waals surface area contributed by atoms with Crippen LogP contribution in [0.2, 0.25) is 0 Å². The summed E-state index contributed by atoms with van der Waals surface area (Å²) in [4.78, 5) is 28.9. The Morgan fingerprint density at radius 2 is 1.86 bits per heavy atom. The zero-order valence-electron chi connectivity index (χ0n) is 11.6. The summed E-state index contributed by atoms with van der Waals surface area (Å²) in [6.45, 7) is 0. The number of carbonyl (C=O) groups is 2. The van der Waals surface area contributed by atoms with E-state index < -0.39 is 5.92 Å². The Bertz CT molecular complexity index is 745. The van der Waals surface area contributed by atoms with E-state index in [1.165, 1.54) is 18.7 Å². The monoisotopic (exact) mass is 295 g/mol. The lowest BCUT2D eigenvalue weighted by Gasteiger charge is -2.12. The van der Waals surface area contributed by atoms with Crippen molar-refractivity contribution in [2.45, 2.75) is 12.3 Å². The Hall–Kier alpha value is -2.95. The molecule has 0 spiro atoms. The third kappa shape index (κ3) is 2.88. The average Bonchev–Trinajstić information content (AvgIpc) is 3.25. The number of rotatable bonds is 6. The van der Waals surface area contributed by atoms with Gasteiger partial charge in [-0.15, -0.1) is 0 Å².